The van der Waals surface area contributed by atoms with Gasteiger partial charge in [-0.3, -0.25) is 0 Å². The van der Waals surface area contributed by atoms with Crippen LogP contribution in [0.25, 0.3) is 0 Å². The summed E-state index contributed by atoms with van der Waals surface area (Å²) < 4.78 is 13.3. The van der Waals surface area contributed by atoms with Crippen molar-refractivity contribution in [2.45, 2.75) is 25.9 Å². The third kappa shape index (κ3) is 4.97. The summed E-state index contributed by atoms with van der Waals surface area (Å²) in [6.45, 7) is 5.38. The maximum Gasteiger partial charge on any atom is 0.126 e. The van der Waals surface area contributed by atoms with Crippen LogP contribution in [0.3, 0.4) is 0 Å². The first kappa shape index (κ1) is 11.6. The van der Waals surface area contributed by atoms with Gasteiger partial charge < -0.3 is 0 Å². The molecule has 70 valence electrons. The van der Waals surface area contributed by atoms with Crippen molar-refractivity contribution in [3.8, 4) is 6.07 Å². The van der Waals surface area contributed by atoms with Gasteiger partial charge in [-0.15, -0.1) is 0 Å². The number of halogens is 1. The molecule has 0 rings (SSSR count). The largest absolute Gasteiger partial charge is 0.242 e. The smallest absolute Gasteiger partial charge is 0.126 e. The molecule has 0 saturated carbocycles. The number of nitriles is 1. The van der Waals surface area contributed by atoms with Crippen LogP contribution in [0.4, 0.5) is 4.39 Å². The van der Waals surface area contributed by atoms with Crippen molar-refractivity contribution < 1.29 is 4.39 Å². The van der Waals surface area contributed by atoms with Gasteiger partial charge in [-0.1, -0.05) is 30.9 Å². The maximum atomic E-state index is 13.3. The summed E-state index contributed by atoms with van der Waals surface area (Å²) in [5.74, 6) is 0. The van der Waals surface area contributed by atoms with Crippen molar-refractivity contribution >= 4 is 0 Å². The summed E-state index contributed by atoms with van der Waals surface area (Å²) in [4.78, 5) is 0. The molecule has 1 atom stereocenters. The lowest BCUT2D eigenvalue weighted by Crippen LogP contribution is -2.01. The molecule has 13 heavy (non-hydrogen) atoms. The molecule has 0 aliphatic carbocycles. The summed E-state index contributed by atoms with van der Waals surface area (Å²) in [7, 11) is 0. The molecule has 0 saturated heterocycles. The highest BCUT2D eigenvalue weighted by atomic mass is 19.1. The molecule has 0 fully saturated rings. The lowest BCUT2D eigenvalue weighted by atomic mass is 10.1. The van der Waals surface area contributed by atoms with Crippen molar-refractivity contribution in [1.29, 1.82) is 5.26 Å². The van der Waals surface area contributed by atoms with Gasteiger partial charge in [0.15, 0.2) is 0 Å². The second kappa shape index (κ2) is 7.30. The quantitative estimate of drug-likeness (QED) is 0.594. The fourth-order valence-corrected chi connectivity index (χ4v) is 0.866. The molecule has 2 heteroatoms. The standard InChI is InChI=1S/C11H14FN/c1-3-5-7-10(4-2)11(12)8-6-9-13/h3-5,7,11H,2,6,8H2,1H3. The Morgan fingerprint density at radius 3 is 2.85 bits per heavy atom. The normalized spacial score (nSPS) is 14.1. The van der Waals surface area contributed by atoms with Crippen LogP contribution in [0.5, 0.6) is 0 Å². The van der Waals surface area contributed by atoms with E-state index in [1.165, 1.54) is 6.08 Å². The Hall–Kier alpha value is -1.36. The number of hydrogen-bond donors (Lipinski definition) is 0. The molecule has 0 N–H and O–H groups in total. The molecule has 1 unspecified atom stereocenters. The molecule has 0 amide bonds. The fraction of sp³-hybridized carbons (Fsp3) is 0.364. The van der Waals surface area contributed by atoms with Gasteiger partial charge >= 0.3 is 0 Å². The summed E-state index contributed by atoms with van der Waals surface area (Å²) in [5, 5.41) is 8.27. The zero-order valence-electron chi connectivity index (χ0n) is 7.83. The minimum absolute atomic E-state index is 0.238. The highest BCUT2D eigenvalue weighted by molar-refractivity contribution is 5.25. The lowest BCUT2D eigenvalue weighted by molar-refractivity contribution is 0.369. The summed E-state index contributed by atoms with van der Waals surface area (Å²) in [5.41, 5.74) is 0.536. The Morgan fingerprint density at radius 2 is 2.38 bits per heavy atom. The molecule has 0 aliphatic rings. The predicted octanol–water partition coefficient (Wildman–Crippen LogP) is 3.32. The van der Waals surface area contributed by atoms with Crippen LogP contribution in [0.1, 0.15) is 19.8 Å². The average Bonchev–Trinajstić information content (AvgIpc) is 2.16. The van der Waals surface area contributed by atoms with E-state index < -0.39 is 6.17 Å². The number of hydrogen-bond acceptors (Lipinski definition) is 1. The van der Waals surface area contributed by atoms with Crippen molar-refractivity contribution in [2.24, 2.45) is 0 Å². The Kier molecular flexibility index (Phi) is 6.53. The number of rotatable bonds is 5. The fourth-order valence-electron chi connectivity index (χ4n) is 0.866. The van der Waals surface area contributed by atoms with E-state index in [1.807, 2.05) is 19.1 Å². The molecule has 0 radical (unpaired) electrons. The first-order valence-electron chi connectivity index (χ1n) is 4.22. The van der Waals surface area contributed by atoms with Crippen molar-refractivity contribution in [2.75, 3.05) is 0 Å². The Morgan fingerprint density at radius 1 is 1.69 bits per heavy atom. The maximum absolute atomic E-state index is 13.3. The molecule has 0 aromatic rings. The lowest BCUT2D eigenvalue weighted by Gasteiger charge is -2.05. The van der Waals surface area contributed by atoms with Crippen LogP contribution in [0.15, 0.2) is 36.5 Å². The van der Waals surface area contributed by atoms with Crippen LogP contribution < -0.4 is 0 Å². The van der Waals surface area contributed by atoms with Crippen LogP contribution in [-0.2, 0) is 0 Å². The molecule has 1 nitrogen and oxygen atoms in total. The zero-order valence-corrected chi connectivity index (χ0v) is 7.83. The van der Waals surface area contributed by atoms with E-state index >= 15 is 0 Å². The van der Waals surface area contributed by atoms with Crippen LogP contribution in [-0.4, -0.2) is 6.17 Å². The number of alkyl halides is 1. The van der Waals surface area contributed by atoms with Crippen molar-refractivity contribution in [3.63, 3.8) is 0 Å². The Bertz CT molecular complexity index is 245. The SMILES string of the molecule is C=CC(=CC=CC)C(F)CCC#N. The van der Waals surface area contributed by atoms with Crippen LogP contribution >= 0.6 is 0 Å². The van der Waals surface area contributed by atoms with Crippen LogP contribution in [0.2, 0.25) is 0 Å². The zero-order chi connectivity index (χ0) is 10.1. The van der Waals surface area contributed by atoms with Gasteiger partial charge in [0.1, 0.15) is 6.17 Å². The topological polar surface area (TPSA) is 23.8 Å². The van der Waals surface area contributed by atoms with Gasteiger partial charge in [-0.25, -0.2) is 4.39 Å². The third-order valence-electron chi connectivity index (χ3n) is 1.59. The first-order chi connectivity index (χ1) is 6.26. The van der Waals surface area contributed by atoms with Gasteiger partial charge in [-0.05, 0) is 18.9 Å². The summed E-state index contributed by atoms with van der Waals surface area (Å²) >= 11 is 0. The summed E-state index contributed by atoms with van der Waals surface area (Å²) in [6.07, 6.45) is 6.15. The molecule has 0 aliphatic heterocycles. The third-order valence-corrected chi connectivity index (χ3v) is 1.59. The second-order valence-electron chi connectivity index (χ2n) is 2.56. The minimum atomic E-state index is -1.08. The van der Waals surface area contributed by atoms with Gasteiger partial charge in [0.05, 0.1) is 6.07 Å². The number of nitrogens with zero attached hydrogens (tertiary/aromatic N) is 1. The Labute approximate surface area is 78.9 Å². The molecule has 0 heterocycles. The van der Waals surface area contributed by atoms with Crippen LogP contribution in [0, 0.1) is 11.3 Å². The molecule has 0 spiro atoms. The van der Waals surface area contributed by atoms with E-state index in [4.69, 9.17) is 5.26 Å². The van der Waals surface area contributed by atoms with Gasteiger partial charge in [0.25, 0.3) is 0 Å². The minimum Gasteiger partial charge on any atom is -0.242 e. The van der Waals surface area contributed by atoms with E-state index in [0.29, 0.717) is 5.57 Å². The van der Waals surface area contributed by atoms with E-state index in [1.54, 1.807) is 12.2 Å². The second-order valence-corrected chi connectivity index (χ2v) is 2.56. The molecule has 0 aromatic carbocycles. The van der Waals surface area contributed by atoms with Gasteiger partial charge in [0, 0.05) is 6.42 Å². The molecule has 0 aromatic heterocycles. The monoisotopic (exact) mass is 179 g/mol. The van der Waals surface area contributed by atoms with E-state index in [9.17, 15) is 4.39 Å². The van der Waals surface area contributed by atoms with E-state index in [-0.39, 0.29) is 12.8 Å². The first-order valence-corrected chi connectivity index (χ1v) is 4.22. The highest BCUT2D eigenvalue weighted by Gasteiger charge is 2.08. The molecular formula is C11H14FN. The van der Waals surface area contributed by atoms with Crippen molar-refractivity contribution in [3.05, 3.63) is 36.5 Å². The van der Waals surface area contributed by atoms with Gasteiger partial charge in [-0.2, -0.15) is 5.26 Å². The van der Waals surface area contributed by atoms with Gasteiger partial charge in [0.2, 0.25) is 0 Å². The number of allylic oxidation sites excluding steroid dienone is 5. The predicted molar refractivity (Wildman–Crippen MR) is 52.8 cm³/mol. The molecular weight excluding hydrogens is 165 g/mol. The van der Waals surface area contributed by atoms with Crippen molar-refractivity contribution in [1.82, 2.24) is 0 Å². The Balaban J connectivity index is 4.23. The molecule has 0 bridgehead atoms. The average molecular weight is 179 g/mol. The van der Waals surface area contributed by atoms with E-state index in [0.717, 1.165) is 0 Å². The highest BCUT2D eigenvalue weighted by Crippen LogP contribution is 2.13. The van der Waals surface area contributed by atoms with E-state index in [2.05, 4.69) is 6.58 Å². The summed E-state index contributed by atoms with van der Waals surface area (Å²) in [6, 6.07) is 1.91.